The smallest absolute Gasteiger partial charge is 0.138 e. The summed E-state index contributed by atoms with van der Waals surface area (Å²) in [7, 11) is 0. The largest absolute Gasteiger partial charge is 0.245 e. The van der Waals surface area contributed by atoms with Gasteiger partial charge in [0.15, 0.2) is 0 Å². The van der Waals surface area contributed by atoms with E-state index in [0.29, 0.717) is 5.15 Å². The number of rotatable bonds is 4. The summed E-state index contributed by atoms with van der Waals surface area (Å²) in [5.74, 6) is 0. The zero-order valence-electron chi connectivity index (χ0n) is 16.5. The van der Waals surface area contributed by atoms with Gasteiger partial charge in [0.1, 0.15) is 10.7 Å². The second-order valence-electron chi connectivity index (χ2n) is 7.33. The molecule has 0 spiro atoms. The van der Waals surface area contributed by atoms with Crippen molar-refractivity contribution in [3.8, 4) is 0 Å². The predicted molar refractivity (Wildman–Crippen MR) is 122 cm³/mol. The Hall–Kier alpha value is -3.43. The molecule has 0 unspecified atom stereocenters. The Bertz CT molecular complexity index is 1200. The number of aryl methyl sites for hydroxylation is 1. The molecule has 30 heavy (non-hydrogen) atoms. The Morgan fingerprint density at radius 2 is 1.20 bits per heavy atom. The highest BCUT2D eigenvalue weighted by atomic mass is 35.5. The molecule has 0 aliphatic rings. The molecule has 0 saturated heterocycles. The second kappa shape index (κ2) is 7.43. The van der Waals surface area contributed by atoms with E-state index in [1.165, 1.54) is 0 Å². The van der Waals surface area contributed by atoms with Crippen molar-refractivity contribution in [3.63, 3.8) is 0 Å². The van der Waals surface area contributed by atoms with Crippen molar-refractivity contribution in [2.24, 2.45) is 0 Å². The summed E-state index contributed by atoms with van der Waals surface area (Å²) in [6.07, 6.45) is 1.89. The van der Waals surface area contributed by atoms with Gasteiger partial charge in [0.2, 0.25) is 0 Å². The van der Waals surface area contributed by atoms with Crippen molar-refractivity contribution in [2.45, 2.75) is 12.5 Å². The molecule has 4 heteroatoms. The molecule has 5 rings (SSSR count). The Morgan fingerprint density at radius 1 is 0.733 bits per heavy atom. The van der Waals surface area contributed by atoms with Crippen LogP contribution in [0.3, 0.4) is 0 Å². The summed E-state index contributed by atoms with van der Waals surface area (Å²) >= 11 is 6.39. The van der Waals surface area contributed by atoms with Crippen LogP contribution in [0.2, 0.25) is 5.15 Å². The fourth-order valence-electron chi connectivity index (χ4n) is 4.31. The van der Waals surface area contributed by atoms with E-state index in [1.54, 1.807) is 0 Å². The molecular weight excluding hydrogens is 390 g/mol. The van der Waals surface area contributed by atoms with Crippen molar-refractivity contribution in [3.05, 3.63) is 131 Å². The summed E-state index contributed by atoms with van der Waals surface area (Å²) in [5, 5.41) is 6.37. The Kier molecular flexibility index (Phi) is 4.61. The van der Waals surface area contributed by atoms with Gasteiger partial charge in [-0.05, 0) is 23.6 Å². The number of nitrogens with zero attached hydrogens (tertiary/aromatic N) is 3. The van der Waals surface area contributed by atoms with Crippen LogP contribution >= 0.6 is 11.6 Å². The fraction of sp³-hybridized carbons (Fsp3) is 0.0769. The van der Waals surface area contributed by atoms with Gasteiger partial charge in [-0.15, -0.1) is 0 Å². The normalized spacial score (nSPS) is 11.7. The summed E-state index contributed by atoms with van der Waals surface area (Å²) in [4.78, 5) is 4.43. The highest BCUT2D eigenvalue weighted by molar-refractivity contribution is 6.30. The van der Waals surface area contributed by atoms with E-state index in [1.807, 2.05) is 37.4 Å². The number of fused-ring (bicyclic) bond motifs is 1. The monoisotopic (exact) mass is 409 g/mol. The van der Waals surface area contributed by atoms with Gasteiger partial charge in [-0.3, -0.25) is 0 Å². The van der Waals surface area contributed by atoms with Crippen molar-refractivity contribution in [2.75, 3.05) is 0 Å². The molecule has 0 amide bonds. The number of benzene rings is 3. The molecule has 2 heterocycles. The standard InChI is InChI=1S/C26H20ClN3/c1-19-23-18-28-30(24(23)17-25(27)29-19)26(20-11-5-2-6-12-20,21-13-7-3-8-14-21)22-15-9-4-10-16-22/h2-18H,1H3. The summed E-state index contributed by atoms with van der Waals surface area (Å²) in [6.45, 7) is 1.97. The van der Waals surface area contributed by atoms with E-state index in [-0.39, 0.29) is 0 Å². The first-order valence-corrected chi connectivity index (χ1v) is 10.3. The van der Waals surface area contributed by atoms with Crippen LogP contribution in [0.25, 0.3) is 10.9 Å². The van der Waals surface area contributed by atoms with E-state index < -0.39 is 5.54 Å². The first kappa shape index (κ1) is 18.6. The third-order valence-electron chi connectivity index (χ3n) is 5.62. The zero-order valence-corrected chi connectivity index (χ0v) is 17.3. The van der Waals surface area contributed by atoms with Crippen LogP contribution in [0.15, 0.2) is 103 Å². The van der Waals surface area contributed by atoms with Gasteiger partial charge in [0.25, 0.3) is 0 Å². The van der Waals surface area contributed by atoms with Gasteiger partial charge in [-0.1, -0.05) is 103 Å². The lowest BCUT2D eigenvalue weighted by molar-refractivity contribution is 0.476. The molecule has 0 atom stereocenters. The van der Waals surface area contributed by atoms with Crippen LogP contribution < -0.4 is 0 Å². The lowest BCUT2D eigenvalue weighted by atomic mass is 9.77. The molecule has 0 radical (unpaired) electrons. The zero-order chi connectivity index (χ0) is 20.6. The minimum atomic E-state index is -0.664. The summed E-state index contributed by atoms with van der Waals surface area (Å²) in [5.41, 5.74) is 4.52. The van der Waals surface area contributed by atoms with Crippen LogP contribution in [0.5, 0.6) is 0 Å². The van der Waals surface area contributed by atoms with Crippen LogP contribution in [0.4, 0.5) is 0 Å². The molecule has 0 aliphatic carbocycles. The molecule has 3 nitrogen and oxygen atoms in total. The Morgan fingerprint density at radius 3 is 1.67 bits per heavy atom. The average Bonchev–Trinajstić information content (AvgIpc) is 3.21. The van der Waals surface area contributed by atoms with Gasteiger partial charge in [0, 0.05) is 11.5 Å². The first-order chi connectivity index (χ1) is 14.7. The maximum absolute atomic E-state index is 6.39. The topological polar surface area (TPSA) is 30.7 Å². The maximum Gasteiger partial charge on any atom is 0.138 e. The number of hydrogen-bond acceptors (Lipinski definition) is 2. The lowest BCUT2D eigenvalue weighted by Gasteiger charge is -2.37. The number of halogens is 1. The van der Waals surface area contributed by atoms with Gasteiger partial charge in [0.05, 0.1) is 17.4 Å². The highest BCUT2D eigenvalue weighted by Crippen LogP contribution is 2.42. The molecule has 0 aliphatic heterocycles. The third kappa shape index (κ3) is 2.82. The van der Waals surface area contributed by atoms with Crippen LogP contribution in [0, 0.1) is 6.92 Å². The van der Waals surface area contributed by atoms with Crippen LogP contribution in [-0.4, -0.2) is 14.8 Å². The molecule has 2 aromatic heterocycles. The van der Waals surface area contributed by atoms with Crippen LogP contribution in [0.1, 0.15) is 22.4 Å². The maximum atomic E-state index is 6.39. The molecule has 5 aromatic rings. The minimum Gasteiger partial charge on any atom is -0.245 e. The van der Waals surface area contributed by atoms with Gasteiger partial charge < -0.3 is 0 Å². The third-order valence-corrected chi connectivity index (χ3v) is 5.81. The first-order valence-electron chi connectivity index (χ1n) is 9.89. The highest BCUT2D eigenvalue weighted by Gasteiger charge is 2.40. The molecule has 146 valence electrons. The molecule has 0 saturated carbocycles. The number of aromatic nitrogens is 3. The molecule has 0 bridgehead atoms. The van der Waals surface area contributed by atoms with Gasteiger partial charge >= 0.3 is 0 Å². The average molecular weight is 410 g/mol. The Labute approximate surface area is 180 Å². The quantitative estimate of drug-likeness (QED) is 0.260. The SMILES string of the molecule is Cc1nc(Cl)cc2c1cnn2C(c1ccccc1)(c1ccccc1)c1ccccc1. The van der Waals surface area contributed by atoms with Crippen LogP contribution in [-0.2, 0) is 5.54 Å². The Balaban J connectivity index is 1.98. The number of hydrogen-bond donors (Lipinski definition) is 0. The van der Waals surface area contributed by atoms with Gasteiger partial charge in [-0.2, -0.15) is 5.10 Å². The van der Waals surface area contributed by atoms with Crippen molar-refractivity contribution in [1.29, 1.82) is 0 Å². The van der Waals surface area contributed by atoms with E-state index in [9.17, 15) is 0 Å². The summed E-state index contributed by atoms with van der Waals surface area (Å²) < 4.78 is 2.09. The fourth-order valence-corrected chi connectivity index (χ4v) is 4.54. The van der Waals surface area contributed by atoms with Crippen molar-refractivity contribution < 1.29 is 0 Å². The van der Waals surface area contributed by atoms with E-state index in [0.717, 1.165) is 33.3 Å². The van der Waals surface area contributed by atoms with Crippen molar-refractivity contribution >= 4 is 22.5 Å². The number of pyridine rings is 1. The van der Waals surface area contributed by atoms with Gasteiger partial charge in [-0.25, -0.2) is 9.67 Å². The van der Waals surface area contributed by atoms with E-state index in [4.69, 9.17) is 16.7 Å². The molecule has 0 fully saturated rings. The van der Waals surface area contributed by atoms with Crippen molar-refractivity contribution in [1.82, 2.24) is 14.8 Å². The predicted octanol–water partition coefficient (Wildman–Crippen LogP) is 6.23. The van der Waals surface area contributed by atoms with E-state index >= 15 is 0 Å². The second-order valence-corrected chi connectivity index (χ2v) is 7.72. The lowest BCUT2D eigenvalue weighted by Crippen LogP contribution is -2.38. The minimum absolute atomic E-state index is 0.463. The van der Waals surface area contributed by atoms with E-state index in [2.05, 4.69) is 82.5 Å². The summed E-state index contributed by atoms with van der Waals surface area (Å²) in [6, 6.07) is 33.4. The molecular formula is C26H20ClN3. The molecule has 3 aromatic carbocycles. The molecule has 0 N–H and O–H groups in total.